The first-order valence-electron chi connectivity index (χ1n) is 6.03. The maximum atomic E-state index is 10.3. The number of aromatic nitrogens is 1. The maximum absolute atomic E-state index is 10.3. The van der Waals surface area contributed by atoms with E-state index in [-0.39, 0.29) is 17.4 Å². The average molecular weight is 223 g/mol. The second-order valence-corrected chi connectivity index (χ2v) is 5.54. The molecular weight excluding hydrogens is 202 g/mol. The third-order valence-electron chi connectivity index (χ3n) is 4.18. The molecule has 0 aliphatic heterocycles. The molecule has 3 heteroatoms. The summed E-state index contributed by atoms with van der Waals surface area (Å²) in [7, 11) is 0. The Balaban J connectivity index is 2.59. The van der Waals surface area contributed by atoms with Gasteiger partial charge in [0.2, 0.25) is 0 Å². The summed E-state index contributed by atoms with van der Waals surface area (Å²) in [6, 6.07) is 0. The van der Waals surface area contributed by atoms with Gasteiger partial charge in [-0.15, -0.1) is 0 Å². The molecule has 0 fully saturated rings. The molecule has 0 bridgehead atoms. The van der Waals surface area contributed by atoms with Crippen LogP contribution in [0.4, 0.5) is 0 Å². The SMILES string of the molecule is Cc1nc2c(o1)C(C)(C(C)C)C(O)CC2C. The molecule has 0 radical (unpaired) electrons. The zero-order valence-corrected chi connectivity index (χ0v) is 10.7. The van der Waals surface area contributed by atoms with Crippen molar-refractivity contribution in [2.45, 2.75) is 58.5 Å². The molecule has 3 atom stereocenters. The summed E-state index contributed by atoms with van der Waals surface area (Å²) >= 11 is 0. The highest BCUT2D eigenvalue weighted by molar-refractivity contribution is 5.29. The van der Waals surface area contributed by atoms with Gasteiger partial charge in [-0.1, -0.05) is 20.8 Å². The fraction of sp³-hybridized carbons (Fsp3) is 0.769. The van der Waals surface area contributed by atoms with E-state index in [1.54, 1.807) is 0 Å². The topological polar surface area (TPSA) is 46.3 Å². The Labute approximate surface area is 96.9 Å². The highest BCUT2D eigenvalue weighted by atomic mass is 16.4. The normalized spacial score (nSPS) is 34.2. The van der Waals surface area contributed by atoms with Crippen LogP contribution >= 0.6 is 0 Å². The molecular formula is C13H21NO2. The molecule has 1 N–H and O–H groups in total. The summed E-state index contributed by atoms with van der Waals surface area (Å²) in [5.41, 5.74) is 0.738. The van der Waals surface area contributed by atoms with Crippen LogP contribution in [-0.2, 0) is 5.41 Å². The number of oxazole rings is 1. The maximum Gasteiger partial charge on any atom is 0.191 e. The molecule has 2 rings (SSSR count). The lowest BCUT2D eigenvalue weighted by Crippen LogP contribution is -2.45. The summed E-state index contributed by atoms with van der Waals surface area (Å²) in [4.78, 5) is 4.47. The molecule has 3 unspecified atom stereocenters. The van der Waals surface area contributed by atoms with E-state index in [0.717, 1.165) is 17.9 Å². The number of rotatable bonds is 1. The van der Waals surface area contributed by atoms with Crippen LogP contribution in [0.2, 0.25) is 0 Å². The minimum atomic E-state index is -0.345. The Hall–Kier alpha value is -0.830. The Kier molecular flexibility index (Phi) is 2.61. The van der Waals surface area contributed by atoms with Gasteiger partial charge >= 0.3 is 0 Å². The number of fused-ring (bicyclic) bond motifs is 1. The summed E-state index contributed by atoms with van der Waals surface area (Å²) in [6.07, 6.45) is 0.426. The minimum absolute atomic E-state index is 0.286. The van der Waals surface area contributed by atoms with Gasteiger partial charge in [-0.05, 0) is 19.3 Å². The van der Waals surface area contributed by atoms with E-state index in [4.69, 9.17) is 4.42 Å². The molecule has 16 heavy (non-hydrogen) atoms. The average Bonchev–Trinajstić information content (AvgIpc) is 2.57. The number of aliphatic hydroxyl groups is 1. The first-order valence-corrected chi connectivity index (χ1v) is 6.03. The Morgan fingerprint density at radius 2 is 2.12 bits per heavy atom. The van der Waals surface area contributed by atoms with Crippen molar-refractivity contribution < 1.29 is 9.52 Å². The monoisotopic (exact) mass is 223 g/mol. The fourth-order valence-electron chi connectivity index (χ4n) is 2.65. The highest BCUT2D eigenvalue weighted by Crippen LogP contribution is 2.46. The number of hydrogen-bond acceptors (Lipinski definition) is 3. The van der Waals surface area contributed by atoms with Crippen molar-refractivity contribution in [3.05, 3.63) is 17.3 Å². The van der Waals surface area contributed by atoms with Gasteiger partial charge in [-0.25, -0.2) is 4.98 Å². The molecule has 90 valence electrons. The molecule has 0 saturated carbocycles. The highest BCUT2D eigenvalue weighted by Gasteiger charge is 2.48. The van der Waals surface area contributed by atoms with Gasteiger partial charge in [0.15, 0.2) is 5.89 Å². The predicted molar refractivity (Wildman–Crippen MR) is 62.5 cm³/mol. The van der Waals surface area contributed by atoms with Crippen molar-refractivity contribution in [1.29, 1.82) is 0 Å². The third-order valence-corrected chi connectivity index (χ3v) is 4.18. The van der Waals surface area contributed by atoms with Crippen LogP contribution in [0.5, 0.6) is 0 Å². The number of nitrogens with zero attached hydrogens (tertiary/aromatic N) is 1. The van der Waals surface area contributed by atoms with Gasteiger partial charge < -0.3 is 9.52 Å². The zero-order chi connectivity index (χ0) is 12.1. The second-order valence-electron chi connectivity index (χ2n) is 5.54. The molecule has 1 aromatic rings. The van der Waals surface area contributed by atoms with E-state index in [0.29, 0.717) is 11.8 Å². The number of aliphatic hydroxyl groups excluding tert-OH is 1. The third kappa shape index (κ3) is 1.41. The van der Waals surface area contributed by atoms with Crippen LogP contribution in [0.25, 0.3) is 0 Å². The number of aryl methyl sites for hydroxylation is 1. The van der Waals surface area contributed by atoms with E-state index < -0.39 is 0 Å². The molecule has 0 amide bonds. The van der Waals surface area contributed by atoms with E-state index in [1.165, 1.54) is 0 Å². The van der Waals surface area contributed by atoms with Crippen LogP contribution in [0, 0.1) is 12.8 Å². The summed E-state index contributed by atoms with van der Waals surface area (Å²) in [5.74, 6) is 2.22. The van der Waals surface area contributed by atoms with Crippen molar-refractivity contribution in [3.8, 4) is 0 Å². The van der Waals surface area contributed by atoms with Gasteiger partial charge in [0, 0.05) is 12.8 Å². The van der Waals surface area contributed by atoms with Crippen molar-refractivity contribution in [3.63, 3.8) is 0 Å². The summed E-state index contributed by atoms with van der Waals surface area (Å²) in [6.45, 7) is 10.3. The van der Waals surface area contributed by atoms with E-state index in [1.807, 2.05) is 6.92 Å². The van der Waals surface area contributed by atoms with Gasteiger partial charge in [0.1, 0.15) is 5.76 Å². The van der Waals surface area contributed by atoms with Crippen molar-refractivity contribution >= 4 is 0 Å². The van der Waals surface area contributed by atoms with Crippen LogP contribution in [0.1, 0.15) is 57.4 Å². The zero-order valence-electron chi connectivity index (χ0n) is 10.7. The lowest BCUT2D eigenvalue weighted by atomic mass is 9.65. The van der Waals surface area contributed by atoms with Crippen LogP contribution in [0.15, 0.2) is 4.42 Å². The molecule has 1 aromatic heterocycles. The molecule has 0 spiro atoms. The van der Waals surface area contributed by atoms with Gasteiger partial charge in [-0.3, -0.25) is 0 Å². The first kappa shape index (κ1) is 11.6. The lowest BCUT2D eigenvalue weighted by molar-refractivity contribution is 0.0244. The molecule has 1 aliphatic rings. The van der Waals surface area contributed by atoms with Gasteiger partial charge in [0.25, 0.3) is 0 Å². The van der Waals surface area contributed by atoms with Crippen molar-refractivity contribution in [2.24, 2.45) is 5.92 Å². The Morgan fingerprint density at radius 3 is 2.69 bits per heavy atom. The minimum Gasteiger partial charge on any atom is -0.445 e. The summed E-state index contributed by atoms with van der Waals surface area (Å²) in [5, 5.41) is 10.3. The van der Waals surface area contributed by atoms with Gasteiger partial charge in [0.05, 0.1) is 17.2 Å². The number of hydrogen-bond donors (Lipinski definition) is 1. The van der Waals surface area contributed by atoms with E-state index >= 15 is 0 Å². The van der Waals surface area contributed by atoms with Crippen LogP contribution < -0.4 is 0 Å². The molecule has 3 nitrogen and oxygen atoms in total. The van der Waals surface area contributed by atoms with Crippen LogP contribution in [0.3, 0.4) is 0 Å². The van der Waals surface area contributed by atoms with E-state index in [9.17, 15) is 5.11 Å². The molecule has 0 saturated heterocycles. The second kappa shape index (κ2) is 3.59. The first-order chi connectivity index (χ1) is 7.37. The summed E-state index contributed by atoms with van der Waals surface area (Å²) < 4.78 is 5.75. The van der Waals surface area contributed by atoms with Crippen LogP contribution in [-0.4, -0.2) is 16.2 Å². The Bertz CT molecular complexity index is 397. The van der Waals surface area contributed by atoms with Gasteiger partial charge in [-0.2, -0.15) is 0 Å². The quantitative estimate of drug-likeness (QED) is 0.796. The lowest BCUT2D eigenvalue weighted by Gasteiger charge is -2.41. The fourth-order valence-corrected chi connectivity index (χ4v) is 2.65. The molecule has 0 aromatic carbocycles. The van der Waals surface area contributed by atoms with Crippen molar-refractivity contribution in [2.75, 3.05) is 0 Å². The van der Waals surface area contributed by atoms with Crippen molar-refractivity contribution in [1.82, 2.24) is 4.98 Å². The molecule has 1 heterocycles. The Morgan fingerprint density at radius 1 is 1.50 bits per heavy atom. The largest absolute Gasteiger partial charge is 0.445 e. The predicted octanol–water partition coefficient (Wildman–Crippen LogP) is 2.76. The van der Waals surface area contributed by atoms with E-state index in [2.05, 4.69) is 32.7 Å². The smallest absolute Gasteiger partial charge is 0.191 e. The standard InChI is InChI=1S/C13H21NO2/c1-7(2)13(5)10(15)6-8(3)11-12(13)16-9(4)14-11/h7-8,10,15H,6H2,1-5H3. The molecule has 1 aliphatic carbocycles.